The van der Waals surface area contributed by atoms with Gasteiger partial charge in [0.15, 0.2) is 11.6 Å². The minimum Gasteiger partial charge on any atom is -0.393 e. The number of aliphatic hydroxyl groups excluding tert-OH is 1. The second-order valence-corrected chi connectivity index (χ2v) is 5.10. The van der Waals surface area contributed by atoms with Gasteiger partial charge in [0.1, 0.15) is 5.82 Å². The molecule has 1 fully saturated rings. The molecule has 2 nitrogen and oxygen atoms in total. The molecule has 0 aliphatic heterocycles. The molecule has 1 aromatic carbocycles. The Labute approximate surface area is 110 Å². The highest BCUT2D eigenvalue weighted by atomic mass is 19.2. The third-order valence-electron chi connectivity index (χ3n) is 3.68. The fraction of sp³-hybridized carbons (Fsp3) is 0.571. The topological polar surface area (TPSA) is 32.3 Å². The maximum absolute atomic E-state index is 13.4. The van der Waals surface area contributed by atoms with E-state index < -0.39 is 17.5 Å². The van der Waals surface area contributed by atoms with E-state index in [2.05, 4.69) is 5.32 Å². The van der Waals surface area contributed by atoms with Crippen LogP contribution in [0.1, 0.15) is 31.2 Å². The first-order chi connectivity index (χ1) is 9.08. The minimum absolute atomic E-state index is 0.101. The lowest BCUT2D eigenvalue weighted by molar-refractivity contribution is 0.0694. The average molecular weight is 273 g/mol. The average Bonchev–Trinajstić information content (AvgIpc) is 2.38. The minimum atomic E-state index is -1.18. The van der Waals surface area contributed by atoms with E-state index in [0.29, 0.717) is 12.6 Å². The summed E-state index contributed by atoms with van der Waals surface area (Å²) in [4.78, 5) is 0. The molecular formula is C14H18F3NO. The summed E-state index contributed by atoms with van der Waals surface area (Å²) < 4.78 is 39.1. The monoisotopic (exact) mass is 273 g/mol. The predicted octanol–water partition coefficient (Wildman–Crippen LogP) is 2.74. The van der Waals surface area contributed by atoms with Gasteiger partial charge in [0.05, 0.1) is 6.10 Å². The third-order valence-corrected chi connectivity index (χ3v) is 3.68. The molecule has 0 radical (unpaired) electrons. The maximum Gasteiger partial charge on any atom is 0.161 e. The molecule has 1 aliphatic carbocycles. The van der Waals surface area contributed by atoms with Crippen molar-refractivity contribution in [1.29, 1.82) is 0 Å². The quantitative estimate of drug-likeness (QED) is 0.827. The number of hydrogen-bond donors (Lipinski definition) is 2. The zero-order valence-corrected chi connectivity index (χ0v) is 10.6. The van der Waals surface area contributed by atoms with Gasteiger partial charge >= 0.3 is 0 Å². The molecular weight excluding hydrogens is 255 g/mol. The van der Waals surface area contributed by atoms with Crippen molar-refractivity contribution in [2.75, 3.05) is 6.54 Å². The van der Waals surface area contributed by atoms with E-state index >= 15 is 0 Å². The Morgan fingerprint density at radius 3 is 2.47 bits per heavy atom. The number of hydrogen-bond acceptors (Lipinski definition) is 2. The molecule has 1 aliphatic rings. The van der Waals surface area contributed by atoms with Crippen molar-refractivity contribution in [3.63, 3.8) is 0 Å². The molecule has 0 bridgehead atoms. The van der Waals surface area contributed by atoms with Crippen LogP contribution in [0.15, 0.2) is 12.1 Å². The highest BCUT2D eigenvalue weighted by Gasteiger charge is 2.22. The number of halogens is 3. The van der Waals surface area contributed by atoms with Crippen LogP contribution in [0, 0.1) is 23.4 Å². The Morgan fingerprint density at radius 1 is 1.05 bits per heavy atom. The van der Waals surface area contributed by atoms with E-state index in [-0.39, 0.29) is 24.1 Å². The second-order valence-electron chi connectivity index (χ2n) is 5.10. The third kappa shape index (κ3) is 3.70. The molecule has 0 spiro atoms. The highest BCUT2D eigenvalue weighted by molar-refractivity contribution is 5.19. The first-order valence-corrected chi connectivity index (χ1v) is 6.60. The summed E-state index contributed by atoms with van der Waals surface area (Å²) in [5, 5.41) is 12.8. The van der Waals surface area contributed by atoms with Crippen LogP contribution in [0.25, 0.3) is 0 Å². The summed E-state index contributed by atoms with van der Waals surface area (Å²) in [6.07, 6.45) is 3.54. The van der Waals surface area contributed by atoms with Crippen molar-refractivity contribution < 1.29 is 18.3 Å². The molecule has 1 aromatic rings. The summed E-state index contributed by atoms with van der Waals surface area (Å²) in [5.41, 5.74) is 0.101. The van der Waals surface area contributed by atoms with Gasteiger partial charge in [-0.05, 0) is 24.8 Å². The SMILES string of the molecule is OC1CCCCC1CNCc1cc(F)c(F)cc1F. The molecule has 0 saturated heterocycles. The second kappa shape index (κ2) is 6.39. The summed E-state index contributed by atoms with van der Waals surface area (Å²) in [7, 11) is 0. The lowest BCUT2D eigenvalue weighted by Crippen LogP contribution is -2.33. The Morgan fingerprint density at radius 2 is 1.74 bits per heavy atom. The molecule has 5 heteroatoms. The van der Waals surface area contributed by atoms with Gasteiger partial charge in [-0.3, -0.25) is 0 Å². The van der Waals surface area contributed by atoms with Gasteiger partial charge in [0, 0.05) is 24.7 Å². The van der Waals surface area contributed by atoms with Crippen LogP contribution >= 0.6 is 0 Å². The highest BCUT2D eigenvalue weighted by Crippen LogP contribution is 2.23. The van der Waals surface area contributed by atoms with Crippen molar-refractivity contribution in [2.45, 2.75) is 38.3 Å². The first kappa shape index (κ1) is 14.3. The zero-order chi connectivity index (χ0) is 13.8. The van der Waals surface area contributed by atoms with Crippen LogP contribution in [-0.4, -0.2) is 17.8 Å². The van der Waals surface area contributed by atoms with Gasteiger partial charge < -0.3 is 10.4 Å². The number of nitrogens with one attached hydrogen (secondary N) is 1. The standard InChI is InChI=1S/C14H18F3NO/c15-11-6-13(17)12(16)5-10(11)8-18-7-9-3-1-2-4-14(9)19/h5-6,9,14,18-19H,1-4,7-8H2. The van der Waals surface area contributed by atoms with Crippen molar-refractivity contribution >= 4 is 0 Å². The van der Waals surface area contributed by atoms with Gasteiger partial charge in [-0.1, -0.05) is 12.8 Å². The molecule has 106 valence electrons. The van der Waals surface area contributed by atoms with Crippen molar-refractivity contribution in [1.82, 2.24) is 5.32 Å². The van der Waals surface area contributed by atoms with Crippen LogP contribution in [0.4, 0.5) is 13.2 Å². The van der Waals surface area contributed by atoms with Crippen molar-refractivity contribution in [3.05, 3.63) is 35.1 Å². The van der Waals surface area contributed by atoms with Gasteiger partial charge in [0.2, 0.25) is 0 Å². The largest absolute Gasteiger partial charge is 0.393 e. The van der Waals surface area contributed by atoms with Gasteiger partial charge in [-0.2, -0.15) is 0 Å². The lowest BCUT2D eigenvalue weighted by Gasteiger charge is -2.27. The molecule has 2 unspecified atom stereocenters. The first-order valence-electron chi connectivity index (χ1n) is 6.60. The molecule has 2 N–H and O–H groups in total. The van der Waals surface area contributed by atoms with Crippen LogP contribution < -0.4 is 5.32 Å². The zero-order valence-electron chi connectivity index (χ0n) is 10.6. The fourth-order valence-electron chi connectivity index (χ4n) is 2.52. The fourth-order valence-corrected chi connectivity index (χ4v) is 2.52. The van der Waals surface area contributed by atoms with E-state index in [0.717, 1.165) is 31.7 Å². The molecule has 2 rings (SSSR count). The molecule has 0 aromatic heterocycles. The molecule has 1 saturated carbocycles. The van der Waals surface area contributed by atoms with E-state index in [4.69, 9.17) is 0 Å². The molecule has 0 amide bonds. The predicted molar refractivity (Wildman–Crippen MR) is 66.0 cm³/mol. The molecule has 19 heavy (non-hydrogen) atoms. The number of benzene rings is 1. The van der Waals surface area contributed by atoms with Crippen molar-refractivity contribution in [2.24, 2.45) is 5.92 Å². The Hall–Kier alpha value is -1.07. The van der Waals surface area contributed by atoms with Crippen LogP contribution in [0.3, 0.4) is 0 Å². The van der Waals surface area contributed by atoms with E-state index in [1.807, 2.05) is 0 Å². The Bertz CT molecular complexity index is 439. The summed E-state index contributed by atoms with van der Waals surface area (Å²) in [5.74, 6) is -2.82. The van der Waals surface area contributed by atoms with Crippen LogP contribution in [-0.2, 0) is 6.54 Å². The summed E-state index contributed by atoms with van der Waals surface area (Å²) in [6.45, 7) is 0.686. The Balaban J connectivity index is 1.87. The van der Waals surface area contributed by atoms with Crippen LogP contribution in [0.2, 0.25) is 0 Å². The van der Waals surface area contributed by atoms with Gasteiger partial charge in [-0.25, -0.2) is 13.2 Å². The van der Waals surface area contributed by atoms with E-state index in [1.165, 1.54) is 0 Å². The Kier molecular flexibility index (Phi) is 4.82. The van der Waals surface area contributed by atoms with Gasteiger partial charge in [-0.15, -0.1) is 0 Å². The maximum atomic E-state index is 13.4. The normalized spacial score (nSPS) is 23.6. The van der Waals surface area contributed by atoms with Crippen molar-refractivity contribution in [3.8, 4) is 0 Å². The molecule has 0 heterocycles. The molecule has 2 atom stereocenters. The summed E-state index contributed by atoms with van der Waals surface area (Å²) >= 11 is 0. The van der Waals surface area contributed by atoms with Crippen LogP contribution in [0.5, 0.6) is 0 Å². The lowest BCUT2D eigenvalue weighted by atomic mass is 9.86. The smallest absolute Gasteiger partial charge is 0.161 e. The van der Waals surface area contributed by atoms with Gasteiger partial charge in [0.25, 0.3) is 0 Å². The number of aliphatic hydroxyl groups is 1. The summed E-state index contributed by atoms with van der Waals surface area (Å²) in [6, 6.07) is 1.43. The van der Waals surface area contributed by atoms with E-state index in [1.54, 1.807) is 0 Å². The van der Waals surface area contributed by atoms with E-state index in [9.17, 15) is 18.3 Å². The number of rotatable bonds is 4.